The second-order valence-electron chi connectivity index (χ2n) is 8.47. The molecule has 3 rings (SSSR count). The van der Waals surface area contributed by atoms with Crippen molar-refractivity contribution in [2.45, 2.75) is 59.7 Å². The van der Waals surface area contributed by atoms with Gasteiger partial charge in [0.15, 0.2) is 0 Å². The molecule has 0 saturated carbocycles. The fourth-order valence-electron chi connectivity index (χ4n) is 4.05. The highest BCUT2D eigenvalue weighted by Crippen LogP contribution is 2.25. The number of amides is 1. The lowest BCUT2D eigenvalue weighted by molar-refractivity contribution is -0.139. The molecule has 170 valence electrons. The predicted octanol–water partition coefficient (Wildman–Crippen LogP) is 3.85. The molecule has 0 unspecified atom stereocenters. The number of ether oxygens (including phenoxy) is 1. The van der Waals surface area contributed by atoms with Crippen molar-refractivity contribution in [3.63, 3.8) is 0 Å². The summed E-state index contributed by atoms with van der Waals surface area (Å²) < 4.78 is 10.7. The summed E-state index contributed by atoms with van der Waals surface area (Å²) in [7, 11) is 1.60. The van der Waals surface area contributed by atoms with Crippen LogP contribution in [0.5, 0.6) is 0 Å². The van der Waals surface area contributed by atoms with E-state index in [4.69, 9.17) is 20.8 Å². The van der Waals surface area contributed by atoms with Crippen LogP contribution in [0.25, 0.3) is 0 Å². The van der Waals surface area contributed by atoms with Gasteiger partial charge in [-0.25, -0.2) is 0 Å². The van der Waals surface area contributed by atoms with E-state index in [1.54, 1.807) is 7.11 Å². The van der Waals surface area contributed by atoms with Crippen LogP contribution in [0.1, 0.15) is 55.7 Å². The average molecular weight is 449 g/mol. The van der Waals surface area contributed by atoms with Crippen molar-refractivity contribution in [1.29, 1.82) is 0 Å². The smallest absolute Gasteiger partial charge is 0.242 e. The number of nitrogens with zero attached hydrogens (tertiary/aromatic N) is 4. The summed E-state index contributed by atoms with van der Waals surface area (Å²) in [6, 6.07) is 4.20. The zero-order valence-corrected chi connectivity index (χ0v) is 19.9. The van der Waals surface area contributed by atoms with Crippen LogP contribution in [0.3, 0.4) is 0 Å². The number of piperazine rings is 1. The van der Waals surface area contributed by atoms with E-state index >= 15 is 0 Å². The molecule has 2 aromatic rings. The number of rotatable bonds is 8. The Morgan fingerprint density at radius 3 is 2.68 bits per heavy atom. The Labute approximate surface area is 189 Å². The van der Waals surface area contributed by atoms with Crippen molar-refractivity contribution in [2.24, 2.45) is 5.92 Å². The third-order valence-electron chi connectivity index (χ3n) is 6.13. The number of carbonyl (C=O) groups excluding carboxylic acids is 1. The summed E-state index contributed by atoms with van der Waals surface area (Å²) in [4.78, 5) is 17.1. The van der Waals surface area contributed by atoms with Crippen LogP contribution in [-0.4, -0.2) is 58.7 Å². The Morgan fingerprint density at radius 2 is 2.00 bits per heavy atom. The summed E-state index contributed by atoms with van der Waals surface area (Å²) in [5, 5.41) is 8.82. The third-order valence-corrected chi connectivity index (χ3v) is 6.35. The van der Waals surface area contributed by atoms with Gasteiger partial charge in [-0.15, -0.1) is 10.2 Å². The van der Waals surface area contributed by atoms with E-state index < -0.39 is 0 Å². The maximum absolute atomic E-state index is 12.6. The van der Waals surface area contributed by atoms with Gasteiger partial charge in [0.1, 0.15) is 6.61 Å². The molecule has 1 saturated heterocycles. The molecule has 0 aliphatic carbocycles. The summed E-state index contributed by atoms with van der Waals surface area (Å²) in [5.41, 5.74) is 3.45. The molecule has 0 N–H and O–H groups in total. The predicted molar refractivity (Wildman–Crippen MR) is 120 cm³/mol. The van der Waals surface area contributed by atoms with Crippen LogP contribution in [0.4, 0.5) is 0 Å². The molecule has 8 heteroatoms. The van der Waals surface area contributed by atoms with E-state index in [2.05, 4.69) is 35.9 Å². The first-order valence-electron chi connectivity index (χ1n) is 10.9. The standard InChI is InChI=1S/C23H33ClN4O3/c1-6-15(2)23(29)28-8-7-27(12-16(28)3)13-19-10-20(24)9-18(17(19)4)11-21-25-26-22(31-21)14-30-5/h9-10,15-16H,6-8,11-14H2,1-5H3/t15-,16-/m0/s1. The number of carbonyl (C=O) groups is 1. The number of hydrogen-bond donors (Lipinski definition) is 0. The van der Waals surface area contributed by atoms with Gasteiger partial charge in [-0.2, -0.15) is 0 Å². The quantitative estimate of drug-likeness (QED) is 0.610. The Bertz CT molecular complexity index is 901. The summed E-state index contributed by atoms with van der Waals surface area (Å²) in [6.45, 7) is 11.9. The highest BCUT2D eigenvalue weighted by atomic mass is 35.5. The van der Waals surface area contributed by atoms with E-state index in [-0.39, 0.29) is 17.9 Å². The van der Waals surface area contributed by atoms with Gasteiger partial charge in [-0.05, 0) is 49.1 Å². The van der Waals surface area contributed by atoms with Crippen LogP contribution in [0.15, 0.2) is 16.5 Å². The molecule has 0 bridgehead atoms. The number of halogens is 1. The minimum atomic E-state index is 0.0841. The molecule has 1 aromatic carbocycles. The molecule has 1 aromatic heterocycles. The molecule has 1 fully saturated rings. The molecule has 0 spiro atoms. The van der Waals surface area contributed by atoms with Gasteiger partial charge >= 0.3 is 0 Å². The highest BCUT2D eigenvalue weighted by Gasteiger charge is 2.29. The van der Waals surface area contributed by atoms with Crippen molar-refractivity contribution in [1.82, 2.24) is 20.0 Å². The molecule has 1 amide bonds. The first-order valence-corrected chi connectivity index (χ1v) is 11.3. The summed E-state index contributed by atoms with van der Waals surface area (Å²) in [5.74, 6) is 1.37. The molecule has 1 aliphatic heterocycles. The van der Waals surface area contributed by atoms with E-state index in [0.29, 0.717) is 29.8 Å². The minimum Gasteiger partial charge on any atom is -0.422 e. The molecular weight excluding hydrogens is 416 g/mol. The lowest BCUT2D eigenvalue weighted by atomic mass is 9.98. The second kappa shape index (κ2) is 10.6. The Hall–Kier alpha value is -1.96. The Balaban J connectivity index is 1.69. The third kappa shape index (κ3) is 5.84. The topological polar surface area (TPSA) is 71.7 Å². The largest absolute Gasteiger partial charge is 0.422 e. The van der Waals surface area contributed by atoms with Gasteiger partial charge in [0, 0.05) is 50.3 Å². The van der Waals surface area contributed by atoms with Crippen molar-refractivity contribution in [3.8, 4) is 0 Å². The SMILES string of the molecule is CC[C@H](C)C(=O)N1CCN(Cc2cc(Cl)cc(Cc3nnc(COC)o3)c2C)C[C@@H]1C. The molecular formula is C23H33ClN4O3. The monoisotopic (exact) mass is 448 g/mol. The number of benzene rings is 1. The van der Waals surface area contributed by atoms with Crippen molar-refractivity contribution in [3.05, 3.63) is 45.6 Å². The molecule has 1 aliphatic rings. The van der Waals surface area contributed by atoms with Crippen LogP contribution in [-0.2, 0) is 29.1 Å². The van der Waals surface area contributed by atoms with Gasteiger partial charge in [-0.3, -0.25) is 9.69 Å². The number of aromatic nitrogens is 2. The zero-order chi connectivity index (χ0) is 22.5. The van der Waals surface area contributed by atoms with E-state index in [1.165, 1.54) is 11.1 Å². The molecule has 2 heterocycles. The van der Waals surface area contributed by atoms with E-state index in [1.807, 2.05) is 24.0 Å². The maximum atomic E-state index is 12.6. The van der Waals surface area contributed by atoms with Crippen molar-refractivity contribution < 1.29 is 13.9 Å². The van der Waals surface area contributed by atoms with Crippen molar-refractivity contribution in [2.75, 3.05) is 26.7 Å². The molecule has 2 atom stereocenters. The first kappa shape index (κ1) is 23.7. The van der Waals surface area contributed by atoms with Crippen LogP contribution < -0.4 is 0 Å². The van der Waals surface area contributed by atoms with Crippen LogP contribution in [0.2, 0.25) is 5.02 Å². The Morgan fingerprint density at radius 1 is 1.29 bits per heavy atom. The fraction of sp³-hybridized carbons (Fsp3) is 0.609. The van der Waals surface area contributed by atoms with Crippen LogP contribution in [0, 0.1) is 12.8 Å². The molecule has 7 nitrogen and oxygen atoms in total. The lowest BCUT2D eigenvalue weighted by Crippen LogP contribution is -2.54. The van der Waals surface area contributed by atoms with Gasteiger partial charge in [0.2, 0.25) is 17.7 Å². The highest BCUT2D eigenvalue weighted by molar-refractivity contribution is 6.30. The minimum absolute atomic E-state index is 0.0841. The first-order chi connectivity index (χ1) is 14.8. The van der Waals surface area contributed by atoms with Gasteiger partial charge < -0.3 is 14.1 Å². The molecule has 31 heavy (non-hydrogen) atoms. The van der Waals surface area contributed by atoms with Crippen LogP contribution >= 0.6 is 11.6 Å². The van der Waals surface area contributed by atoms with Gasteiger partial charge in [0.25, 0.3) is 0 Å². The van der Waals surface area contributed by atoms with Gasteiger partial charge in [0.05, 0.1) is 6.42 Å². The van der Waals surface area contributed by atoms with Gasteiger partial charge in [-0.1, -0.05) is 25.4 Å². The number of methoxy groups -OCH3 is 1. The number of hydrogen-bond acceptors (Lipinski definition) is 6. The van der Waals surface area contributed by atoms with Crippen molar-refractivity contribution >= 4 is 17.5 Å². The normalized spacial score (nSPS) is 18.4. The average Bonchev–Trinajstić information content (AvgIpc) is 3.17. The fourth-order valence-corrected chi connectivity index (χ4v) is 4.32. The Kier molecular flexibility index (Phi) is 8.08. The van der Waals surface area contributed by atoms with E-state index in [0.717, 1.165) is 38.2 Å². The maximum Gasteiger partial charge on any atom is 0.242 e. The molecule has 0 radical (unpaired) electrons. The summed E-state index contributed by atoms with van der Waals surface area (Å²) in [6.07, 6.45) is 1.41. The lowest BCUT2D eigenvalue weighted by Gasteiger charge is -2.41. The second-order valence-corrected chi connectivity index (χ2v) is 8.91. The summed E-state index contributed by atoms with van der Waals surface area (Å²) >= 11 is 6.45. The zero-order valence-electron chi connectivity index (χ0n) is 19.2. The van der Waals surface area contributed by atoms with E-state index in [9.17, 15) is 4.79 Å².